The van der Waals surface area contributed by atoms with Crippen LogP contribution in [0.3, 0.4) is 0 Å². The molecule has 1 aliphatic rings. The summed E-state index contributed by atoms with van der Waals surface area (Å²) in [4.78, 5) is 0. The molecule has 0 aromatic rings. The van der Waals surface area contributed by atoms with E-state index in [1.54, 1.807) is 0 Å². The summed E-state index contributed by atoms with van der Waals surface area (Å²) >= 11 is 0. The maximum atomic E-state index is 8.80. The zero-order valence-corrected chi connectivity index (χ0v) is 8.27. The van der Waals surface area contributed by atoms with Crippen molar-refractivity contribution in [2.45, 2.75) is 33.1 Å². The van der Waals surface area contributed by atoms with Gasteiger partial charge in [-0.15, -0.1) is 0 Å². The highest BCUT2D eigenvalue weighted by molar-refractivity contribution is 4.93. The van der Waals surface area contributed by atoms with Crippen LogP contribution in [0.4, 0.5) is 0 Å². The fraction of sp³-hybridized carbons (Fsp3) is 1.00. The summed E-state index contributed by atoms with van der Waals surface area (Å²) in [5, 5.41) is 12.2. The SMILES string of the molecule is CCC1(CNCC(C)CO)CC1. The van der Waals surface area contributed by atoms with Crippen LogP contribution >= 0.6 is 0 Å². The summed E-state index contributed by atoms with van der Waals surface area (Å²) < 4.78 is 0. The molecule has 0 saturated heterocycles. The Morgan fingerprint density at radius 1 is 1.50 bits per heavy atom. The van der Waals surface area contributed by atoms with Crippen LogP contribution in [0.15, 0.2) is 0 Å². The molecule has 1 atom stereocenters. The lowest BCUT2D eigenvalue weighted by Gasteiger charge is -2.15. The van der Waals surface area contributed by atoms with E-state index in [2.05, 4.69) is 19.2 Å². The second-order valence-electron chi connectivity index (χ2n) is 4.27. The van der Waals surface area contributed by atoms with E-state index in [0.717, 1.165) is 13.1 Å². The molecule has 0 spiro atoms. The van der Waals surface area contributed by atoms with Gasteiger partial charge in [0.15, 0.2) is 0 Å². The maximum absolute atomic E-state index is 8.80. The van der Waals surface area contributed by atoms with E-state index in [9.17, 15) is 0 Å². The monoisotopic (exact) mass is 171 g/mol. The maximum Gasteiger partial charge on any atom is 0.0468 e. The molecule has 0 heterocycles. The third-order valence-corrected chi connectivity index (χ3v) is 3.01. The fourth-order valence-corrected chi connectivity index (χ4v) is 1.48. The molecule has 1 rings (SSSR count). The van der Waals surface area contributed by atoms with Crippen molar-refractivity contribution in [1.82, 2.24) is 5.32 Å². The predicted molar refractivity (Wildman–Crippen MR) is 51.1 cm³/mol. The zero-order chi connectivity index (χ0) is 9.03. The first-order chi connectivity index (χ1) is 5.72. The van der Waals surface area contributed by atoms with Crippen molar-refractivity contribution in [2.24, 2.45) is 11.3 Å². The lowest BCUT2D eigenvalue weighted by atomic mass is 10.0. The average Bonchev–Trinajstić information content (AvgIpc) is 2.85. The fourth-order valence-electron chi connectivity index (χ4n) is 1.48. The van der Waals surface area contributed by atoms with Gasteiger partial charge in [-0.25, -0.2) is 0 Å². The molecule has 2 N–H and O–H groups in total. The Kier molecular flexibility index (Phi) is 3.53. The summed E-state index contributed by atoms with van der Waals surface area (Å²) in [6.45, 7) is 6.74. The number of hydrogen-bond acceptors (Lipinski definition) is 2. The van der Waals surface area contributed by atoms with E-state index in [-0.39, 0.29) is 0 Å². The highest BCUT2D eigenvalue weighted by Gasteiger charge is 2.39. The van der Waals surface area contributed by atoms with Gasteiger partial charge in [-0.3, -0.25) is 0 Å². The molecule has 1 fully saturated rings. The van der Waals surface area contributed by atoms with Crippen LogP contribution in [0.25, 0.3) is 0 Å². The first-order valence-corrected chi connectivity index (χ1v) is 5.04. The van der Waals surface area contributed by atoms with Gasteiger partial charge in [0.2, 0.25) is 0 Å². The Bertz CT molecular complexity index is 132. The van der Waals surface area contributed by atoms with E-state index in [4.69, 9.17) is 5.11 Å². The van der Waals surface area contributed by atoms with Crippen molar-refractivity contribution in [3.8, 4) is 0 Å². The summed E-state index contributed by atoms with van der Waals surface area (Å²) in [6.07, 6.45) is 4.08. The van der Waals surface area contributed by atoms with Gasteiger partial charge in [0.05, 0.1) is 0 Å². The van der Waals surface area contributed by atoms with Crippen molar-refractivity contribution in [2.75, 3.05) is 19.7 Å². The number of hydrogen-bond donors (Lipinski definition) is 2. The molecule has 1 unspecified atom stereocenters. The van der Waals surface area contributed by atoms with E-state index in [0.29, 0.717) is 17.9 Å². The third kappa shape index (κ3) is 2.76. The van der Waals surface area contributed by atoms with Crippen LogP contribution in [0.2, 0.25) is 0 Å². The molecule has 2 nitrogen and oxygen atoms in total. The minimum absolute atomic E-state index is 0.298. The molecule has 0 aromatic heterocycles. The standard InChI is InChI=1S/C10H21NO/c1-3-10(4-5-10)8-11-6-9(2)7-12/h9,11-12H,3-8H2,1-2H3. The van der Waals surface area contributed by atoms with Gasteiger partial charge >= 0.3 is 0 Å². The van der Waals surface area contributed by atoms with Crippen LogP contribution < -0.4 is 5.32 Å². The van der Waals surface area contributed by atoms with Crippen LogP contribution in [-0.4, -0.2) is 24.8 Å². The highest BCUT2D eigenvalue weighted by Crippen LogP contribution is 2.47. The molecule has 0 aliphatic heterocycles. The number of aliphatic hydroxyl groups is 1. The molecule has 0 radical (unpaired) electrons. The van der Waals surface area contributed by atoms with Gasteiger partial charge in [-0.05, 0) is 37.1 Å². The molecule has 1 saturated carbocycles. The summed E-state index contributed by atoms with van der Waals surface area (Å²) in [5.41, 5.74) is 0.634. The van der Waals surface area contributed by atoms with E-state index >= 15 is 0 Å². The first kappa shape index (κ1) is 10.0. The molecular weight excluding hydrogens is 150 g/mol. The van der Waals surface area contributed by atoms with Crippen molar-refractivity contribution in [3.63, 3.8) is 0 Å². The van der Waals surface area contributed by atoms with Crippen molar-refractivity contribution >= 4 is 0 Å². The normalized spacial score (nSPS) is 22.2. The van der Waals surface area contributed by atoms with Gasteiger partial charge < -0.3 is 10.4 Å². The van der Waals surface area contributed by atoms with Gasteiger partial charge in [-0.2, -0.15) is 0 Å². The summed E-state index contributed by atoms with van der Waals surface area (Å²) in [6, 6.07) is 0. The molecule has 0 bridgehead atoms. The van der Waals surface area contributed by atoms with Crippen molar-refractivity contribution < 1.29 is 5.11 Å². The molecule has 2 heteroatoms. The van der Waals surface area contributed by atoms with E-state index in [1.165, 1.54) is 19.3 Å². The zero-order valence-electron chi connectivity index (χ0n) is 8.27. The molecule has 12 heavy (non-hydrogen) atoms. The molecule has 0 aromatic carbocycles. The molecular formula is C10H21NO. The Morgan fingerprint density at radius 2 is 2.17 bits per heavy atom. The summed E-state index contributed by atoms with van der Waals surface area (Å²) in [7, 11) is 0. The van der Waals surface area contributed by atoms with Gasteiger partial charge in [0.1, 0.15) is 0 Å². The van der Waals surface area contributed by atoms with Gasteiger partial charge in [-0.1, -0.05) is 13.8 Å². The predicted octanol–water partition coefficient (Wildman–Crippen LogP) is 1.39. The number of aliphatic hydroxyl groups excluding tert-OH is 1. The lowest BCUT2D eigenvalue weighted by Crippen LogP contribution is -2.29. The van der Waals surface area contributed by atoms with Crippen LogP contribution in [-0.2, 0) is 0 Å². The first-order valence-electron chi connectivity index (χ1n) is 5.04. The second kappa shape index (κ2) is 4.24. The molecule has 0 amide bonds. The Labute approximate surface area is 75.4 Å². The highest BCUT2D eigenvalue weighted by atomic mass is 16.3. The van der Waals surface area contributed by atoms with Gasteiger partial charge in [0.25, 0.3) is 0 Å². The van der Waals surface area contributed by atoms with E-state index in [1.807, 2.05) is 0 Å². The molecule has 1 aliphatic carbocycles. The Balaban J connectivity index is 2.02. The van der Waals surface area contributed by atoms with Crippen molar-refractivity contribution in [1.29, 1.82) is 0 Å². The third-order valence-electron chi connectivity index (χ3n) is 3.01. The van der Waals surface area contributed by atoms with Crippen LogP contribution in [0.1, 0.15) is 33.1 Å². The number of rotatable bonds is 6. The Hall–Kier alpha value is -0.0800. The quantitative estimate of drug-likeness (QED) is 0.633. The van der Waals surface area contributed by atoms with Crippen LogP contribution in [0.5, 0.6) is 0 Å². The average molecular weight is 171 g/mol. The van der Waals surface area contributed by atoms with Gasteiger partial charge in [0, 0.05) is 13.2 Å². The topological polar surface area (TPSA) is 32.3 Å². The summed E-state index contributed by atoms with van der Waals surface area (Å²) in [5.74, 6) is 0.401. The minimum atomic E-state index is 0.298. The second-order valence-corrected chi connectivity index (χ2v) is 4.27. The Morgan fingerprint density at radius 3 is 2.58 bits per heavy atom. The smallest absolute Gasteiger partial charge is 0.0468 e. The van der Waals surface area contributed by atoms with Crippen molar-refractivity contribution in [3.05, 3.63) is 0 Å². The minimum Gasteiger partial charge on any atom is -0.396 e. The number of nitrogens with one attached hydrogen (secondary N) is 1. The largest absolute Gasteiger partial charge is 0.396 e. The van der Waals surface area contributed by atoms with E-state index < -0.39 is 0 Å². The molecule has 72 valence electrons. The van der Waals surface area contributed by atoms with Crippen LogP contribution in [0, 0.1) is 11.3 Å². The lowest BCUT2D eigenvalue weighted by molar-refractivity contribution is 0.231.